The Kier molecular flexibility index (Phi) is 5.06. The first-order valence-corrected chi connectivity index (χ1v) is 5.10. The molecule has 1 aromatic rings. The number of rotatable bonds is 5. The van der Waals surface area contributed by atoms with Crippen molar-refractivity contribution in [1.29, 1.82) is 0 Å². The molecule has 0 aliphatic rings. The number of amides is 1. The van der Waals surface area contributed by atoms with E-state index in [1.54, 1.807) is 0 Å². The number of alkyl halides is 3. The number of benzene rings is 1. The third-order valence-corrected chi connectivity index (χ3v) is 1.82. The second-order valence-electron chi connectivity index (χ2n) is 3.26. The van der Waals surface area contributed by atoms with E-state index in [2.05, 4.69) is 16.0 Å². The molecular formula is C12H10F3NO3. The molecule has 1 aromatic carbocycles. The van der Waals surface area contributed by atoms with Crippen LogP contribution in [-0.2, 0) is 4.79 Å². The third-order valence-electron chi connectivity index (χ3n) is 1.82. The van der Waals surface area contributed by atoms with E-state index in [1.165, 1.54) is 18.2 Å². The van der Waals surface area contributed by atoms with Crippen LogP contribution in [0.15, 0.2) is 24.3 Å². The van der Waals surface area contributed by atoms with Crippen LogP contribution in [0.1, 0.15) is 0 Å². The summed E-state index contributed by atoms with van der Waals surface area (Å²) in [6, 6.07) is 5.15. The zero-order chi connectivity index (χ0) is 14.3. The van der Waals surface area contributed by atoms with Crippen molar-refractivity contribution in [2.24, 2.45) is 0 Å². The molecule has 0 aliphatic heterocycles. The first-order valence-electron chi connectivity index (χ1n) is 5.10. The van der Waals surface area contributed by atoms with E-state index in [1.807, 2.05) is 0 Å². The van der Waals surface area contributed by atoms with Crippen molar-refractivity contribution >= 4 is 5.91 Å². The Balaban J connectivity index is 2.63. The summed E-state index contributed by atoms with van der Waals surface area (Å²) in [7, 11) is 0. The van der Waals surface area contributed by atoms with Gasteiger partial charge in [0.05, 0.1) is 6.54 Å². The second-order valence-corrected chi connectivity index (χ2v) is 3.26. The average molecular weight is 273 g/mol. The van der Waals surface area contributed by atoms with Gasteiger partial charge in [-0.15, -0.1) is 19.6 Å². The topological polar surface area (TPSA) is 47.6 Å². The van der Waals surface area contributed by atoms with Gasteiger partial charge < -0.3 is 14.8 Å². The molecule has 0 saturated carbocycles. The number of hydrogen-bond acceptors (Lipinski definition) is 3. The summed E-state index contributed by atoms with van der Waals surface area (Å²) in [6.45, 7) is -0.442. The third kappa shape index (κ3) is 5.68. The van der Waals surface area contributed by atoms with Crippen molar-refractivity contribution in [1.82, 2.24) is 5.32 Å². The van der Waals surface area contributed by atoms with Crippen molar-refractivity contribution in [3.05, 3.63) is 24.3 Å². The van der Waals surface area contributed by atoms with Gasteiger partial charge in [-0.25, -0.2) is 0 Å². The van der Waals surface area contributed by atoms with Crippen LogP contribution in [0, 0.1) is 12.3 Å². The highest BCUT2D eigenvalue weighted by molar-refractivity contribution is 5.77. The van der Waals surface area contributed by atoms with E-state index >= 15 is 0 Å². The van der Waals surface area contributed by atoms with Crippen LogP contribution < -0.4 is 14.8 Å². The molecule has 0 heterocycles. The summed E-state index contributed by atoms with van der Waals surface area (Å²) >= 11 is 0. The Hall–Kier alpha value is -2.36. The SMILES string of the molecule is C#CCNC(=O)COc1ccccc1OC(F)(F)F. The Morgan fingerprint density at radius 1 is 1.32 bits per heavy atom. The fourth-order valence-corrected chi connectivity index (χ4v) is 1.12. The first-order chi connectivity index (χ1) is 8.92. The molecule has 0 spiro atoms. The highest BCUT2D eigenvalue weighted by Gasteiger charge is 2.32. The van der Waals surface area contributed by atoms with E-state index in [0.717, 1.165) is 6.07 Å². The number of hydrogen-bond donors (Lipinski definition) is 1. The predicted octanol–water partition coefficient (Wildman–Crippen LogP) is 1.71. The number of ether oxygens (including phenoxy) is 2. The highest BCUT2D eigenvalue weighted by Crippen LogP contribution is 2.31. The molecule has 0 aliphatic carbocycles. The van der Waals surface area contributed by atoms with Gasteiger partial charge in [0, 0.05) is 0 Å². The summed E-state index contributed by atoms with van der Waals surface area (Å²) in [5, 5.41) is 2.31. The molecule has 1 amide bonds. The van der Waals surface area contributed by atoms with Crippen molar-refractivity contribution in [3.8, 4) is 23.8 Å². The Morgan fingerprint density at radius 3 is 2.53 bits per heavy atom. The monoisotopic (exact) mass is 273 g/mol. The lowest BCUT2D eigenvalue weighted by molar-refractivity contribution is -0.275. The highest BCUT2D eigenvalue weighted by atomic mass is 19.4. The normalized spacial score (nSPS) is 10.4. The predicted molar refractivity (Wildman–Crippen MR) is 60.5 cm³/mol. The minimum absolute atomic E-state index is 0.0168. The molecule has 0 aromatic heterocycles. The van der Waals surface area contributed by atoms with Crippen LogP contribution in [0.5, 0.6) is 11.5 Å². The zero-order valence-electron chi connectivity index (χ0n) is 9.66. The van der Waals surface area contributed by atoms with Gasteiger partial charge in [0.25, 0.3) is 5.91 Å². The van der Waals surface area contributed by atoms with Crippen LogP contribution in [0.2, 0.25) is 0 Å². The van der Waals surface area contributed by atoms with Gasteiger partial charge in [-0.2, -0.15) is 0 Å². The fourth-order valence-electron chi connectivity index (χ4n) is 1.12. The maximum atomic E-state index is 12.1. The molecular weight excluding hydrogens is 263 g/mol. The molecule has 0 saturated heterocycles. The van der Waals surface area contributed by atoms with Gasteiger partial charge in [-0.3, -0.25) is 4.79 Å². The number of carbonyl (C=O) groups is 1. The largest absolute Gasteiger partial charge is 0.573 e. The van der Waals surface area contributed by atoms with Gasteiger partial charge in [-0.05, 0) is 12.1 Å². The molecule has 19 heavy (non-hydrogen) atoms. The van der Waals surface area contributed by atoms with Crippen molar-refractivity contribution in [2.75, 3.05) is 13.2 Å². The number of carbonyl (C=O) groups excluding carboxylic acids is 1. The Labute approximate surface area is 107 Å². The Bertz CT molecular complexity index is 480. The van der Waals surface area contributed by atoms with Gasteiger partial charge in [0.1, 0.15) is 0 Å². The lowest BCUT2D eigenvalue weighted by Crippen LogP contribution is -2.29. The van der Waals surface area contributed by atoms with Gasteiger partial charge in [-0.1, -0.05) is 18.1 Å². The average Bonchev–Trinajstić information content (AvgIpc) is 2.33. The second kappa shape index (κ2) is 6.54. The minimum atomic E-state index is -4.83. The fraction of sp³-hybridized carbons (Fsp3) is 0.250. The molecule has 4 nitrogen and oxygen atoms in total. The van der Waals surface area contributed by atoms with E-state index in [4.69, 9.17) is 11.2 Å². The van der Waals surface area contributed by atoms with Crippen LogP contribution in [0.25, 0.3) is 0 Å². The molecule has 102 valence electrons. The zero-order valence-corrected chi connectivity index (χ0v) is 9.66. The molecule has 0 atom stereocenters. The Morgan fingerprint density at radius 2 is 1.95 bits per heavy atom. The maximum absolute atomic E-state index is 12.1. The van der Waals surface area contributed by atoms with Crippen LogP contribution in [0.3, 0.4) is 0 Å². The summed E-state index contributed by atoms with van der Waals surface area (Å²) < 4.78 is 45.0. The number of terminal acetylenes is 1. The minimum Gasteiger partial charge on any atom is -0.480 e. The van der Waals surface area contributed by atoms with Crippen LogP contribution >= 0.6 is 0 Å². The van der Waals surface area contributed by atoms with Gasteiger partial charge >= 0.3 is 6.36 Å². The van der Waals surface area contributed by atoms with Gasteiger partial charge in [0.15, 0.2) is 18.1 Å². The molecule has 0 radical (unpaired) electrons. The summed E-state index contributed by atoms with van der Waals surface area (Å²) in [6.07, 6.45) is 0.0989. The standard InChI is InChI=1S/C12H10F3NO3/c1-2-7-16-11(17)8-18-9-5-3-4-6-10(9)19-12(13,14)15/h1,3-6H,7-8H2,(H,16,17). The lowest BCUT2D eigenvalue weighted by Gasteiger charge is -2.13. The van der Waals surface area contributed by atoms with E-state index in [9.17, 15) is 18.0 Å². The lowest BCUT2D eigenvalue weighted by atomic mass is 10.3. The number of nitrogens with one attached hydrogen (secondary N) is 1. The van der Waals surface area contributed by atoms with Crippen molar-refractivity contribution in [2.45, 2.75) is 6.36 Å². The van der Waals surface area contributed by atoms with E-state index in [-0.39, 0.29) is 12.3 Å². The van der Waals surface area contributed by atoms with Crippen molar-refractivity contribution < 1.29 is 27.4 Å². The molecule has 1 rings (SSSR count). The summed E-state index contributed by atoms with van der Waals surface area (Å²) in [4.78, 5) is 11.2. The smallest absolute Gasteiger partial charge is 0.480 e. The van der Waals surface area contributed by atoms with Crippen LogP contribution in [0.4, 0.5) is 13.2 Å². The summed E-state index contributed by atoms with van der Waals surface area (Å²) in [5.74, 6) is 0.938. The maximum Gasteiger partial charge on any atom is 0.573 e. The molecule has 0 fully saturated rings. The van der Waals surface area contributed by atoms with E-state index < -0.39 is 24.6 Å². The first kappa shape index (κ1) is 14.7. The van der Waals surface area contributed by atoms with Gasteiger partial charge in [0.2, 0.25) is 0 Å². The molecule has 0 unspecified atom stereocenters. The summed E-state index contributed by atoms with van der Waals surface area (Å²) in [5.41, 5.74) is 0. The number of halogens is 3. The number of para-hydroxylation sites is 2. The quantitative estimate of drug-likeness (QED) is 0.831. The molecule has 0 bridgehead atoms. The van der Waals surface area contributed by atoms with E-state index in [0.29, 0.717) is 0 Å². The van der Waals surface area contributed by atoms with Crippen LogP contribution in [-0.4, -0.2) is 25.4 Å². The molecule has 7 heteroatoms. The molecule has 1 N–H and O–H groups in total. The van der Waals surface area contributed by atoms with Crippen molar-refractivity contribution in [3.63, 3.8) is 0 Å².